The van der Waals surface area contributed by atoms with Gasteiger partial charge in [0.25, 0.3) is 0 Å². The molecule has 0 radical (unpaired) electrons. The van der Waals surface area contributed by atoms with Gasteiger partial charge in [0.2, 0.25) is 0 Å². The molecular weight excluding hydrogens is 250 g/mol. The Morgan fingerprint density at radius 1 is 1.15 bits per heavy atom. The zero-order valence-electron chi connectivity index (χ0n) is 12.2. The van der Waals surface area contributed by atoms with Crippen LogP contribution in [0.5, 0.6) is 5.75 Å². The summed E-state index contributed by atoms with van der Waals surface area (Å²) >= 11 is 0. The predicted octanol–water partition coefficient (Wildman–Crippen LogP) is 3.52. The minimum atomic E-state index is -0.820. The first-order valence-corrected chi connectivity index (χ1v) is 6.86. The Balaban J connectivity index is 2.02. The highest BCUT2D eigenvalue weighted by Crippen LogP contribution is 2.30. The first-order chi connectivity index (χ1) is 9.50. The summed E-state index contributed by atoms with van der Waals surface area (Å²) in [5.41, 5.74) is 0.975. The molecule has 0 fully saturated rings. The molecule has 0 bridgehead atoms. The molecule has 106 valence electrons. The Morgan fingerprint density at radius 2 is 1.85 bits per heavy atom. The third-order valence-electron chi connectivity index (χ3n) is 3.68. The van der Waals surface area contributed by atoms with Gasteiger partial charge >= 0.3 is 0 Å². The van der Waals surface area contributed by atoms with E-state index in [9.17, 15) is 5.11 Å². The molecule has 3 nitrogen and oxygen atoms in total. The Kier molecular flexibility index (Phi) is 4.40. The molecule has 0 aliphatic carbocycles. The Morgan fingerprint density at radius 3 is 2.40 bits per heavy atom. The normalized spacial score (nSPS) is 14.1. The van der Waals surface area contributed by atoms with Crippen LogP contribution in [0, 0.1) is 5.92 Å². The van der Waals surface area contributed by atoms with Crippen molar-refractivity contribution in [3.05, 3.63) is 59.9 Å². The van der Waals surface area contributed by atoms with E-state index in [1.54, 1.807) is 6.20 Å². The molecule has 2 aromatic rings. The lowest BCUT2D eigenvalue weighted by Gasteiger charge is -2.28. The summed E-state index contributed by atoms with van der Waals surface area (Å²) in [6.45, 7) is 6.29. The van der Waals surface area contributed by atoms with Gasteiger partial charge in [-0.1, -0.05) is 32.0 Å². The van der Waals surface area contributed by atoms with Gasteiger partial charge in [0.1, 0.15) is 12.4 Å². The summed E-state index contributed by atoms with van der Waals surface area (Å²) < 4.78 is 5.68. The van der Waals surface area contributed by atoms with Crippen molar-refractivity contribution in [3.8, 4) is 5.75 Å². The molecule has 3 heteroatoms. The van der Waals surface area contributed by atoms with Gasteiger partial charge < -0.3 is 9.84 Å². The van der Waals surface area contributed by atoms with Gasteiger partial charge in [-0.2, -0.15) is 0 Å². The highest BCUT2D eigenvalue weighted by atomic mass is 16.5. The van der Waals surface area contributed by atoms with Gasteiger partial charge in [0, 0.05) is 6.20 Å². The Hall–Kier alpha value is -1.87. The van der Waals surface area contributed by atoms with Crippen molar-refractivity contribution < 1.29 is 9.84 Å². The summed E-state index contributed by atoms with van der Waals surface area (Å²) in [5, 5.41) is 10.4. The number of hydrogen-bond acceptors (Lipinski definition) is 3. The monoisotopic (exact) mass is 271 g/mol. The SMILES string of the molecule is CC(C)C(C)(O)c1ccc(OCc2ccccn2)cc1. The average Bonchev–Trinajstić information content (AvgIpc) is 2.46. The summed E-state index contributed by atoms with van der Waals surface area (Å²) in [4.78, 5) is 4.21. The van der Waals surface area contributed by atoms with Crippen LogP contribution in [0.1, 0.15) is 32.0 Å². The van der Waals surface area contributed by atoms with Gasteiger partial charge in [0.15, 0.2) is 0 Å². The van der Waals surface area contributed by atoms with E-state index >= 15 is 0 Å². The second-order valence-electron chi connectivity index (χ2n) is 5.44. The van der Waals surface area contributed by atoms with E-state index in [4.69, 9.17) is 4.74 Å². The van der Waals surface area contributed by atoms with Crippen LogP contribution in [0.3, 0.4) is 0 Å². The van der Waals surface area contributed by atoms with Crippen LogP contribution in [-0.4, -0.2) is 10.1 Å². The number of nitrogens with zero attached hydrogens (tertiary/aromatic N) is 1. The maximum atomic E-state index is 10.4. The summed E-state index contributed by atoms with van der Waals surface area (Å²) in [6.07, 6.45) is 1.75. The zero-order chi connectivity index (χ0) is 14.6. The maximum absolute atomic E-state index is 10.4. The zero-order valence-corrected chi connectivity index (χ0v) is 12.2. The van der Waals surface area contributed by atoms with E-state index in [1.807, 2.05) is 63.2 Å². The molecule has 1 unspecified atom stereocenters. The molecule has 0 aliphatic heterocycles. The van der Waals surface area contributed by atoms with Gasteiger partial charge in [-0.3, -0.25) is 4.98 Å². The molecule has 1 N–H and O–H groups in total. The first-order valence-electron chi connectivity index (χ1n) is 6.86. The third-order valence-corrected chi connectivity index (χ3v) is 3.68. The molecule has 1 atom stereocenters. The lowest BCUT2D eigenvalue weighted by atomic mass is 9.85. The number of aromatic nitrogens is 1. The molecule has 0 aliphatic rings. The van der Waals surface area contributed by atoms with Crippen LogP contribution >= 0.6 is 0 Å². The number of hydrogen-bond donors (Lipinski definition) is 1. The highest BCUT2D eigenvalue weighted by Gasteiger charge is 2.26. The van der Waals surface area contributed by atoms with Crippen molar-refractivity contribution in [1.82, 2.24) is 4.98 Å². The average molecular weight is 271 g/mol. The fourth-order valence-electron chi connectivity index (χ4n) is 1.86. The fourth-order valence-corrected chi connectivity index (χ4v) is 1.86. The third kappa shape index (κ3) is 3.36. The second kappa shape index (κ2) is 6.06. The quantitative estimate of drug-likeness (QED) is 0.904. The van der Waals surface area contributed by atoms with Gasteiger partial charge in [0.05, 0.1) is 11.3 Å². The first kappa shape index (κ1) is 14.5. The summed E-state index contributed by atoms with van der Waals surface area (Å²) in [6, 6.07) is 13.3. The maximum Gasteiger partial charge on any atom is 0.130 e. The molecule has 0 spiro atoms. The van der Waals surface area contributed by atoms with Crippen LogP contribution in [0.15, 0.2) is 48.7 Å². The predicted molar refractivity (Wildman–Crippen MR) is 79.4 cm³/mol. The largest absolute Gasteiger partial charge is 0.487 e. The molecule has 1 aromatic heterocycles. The van der Waals surface area contributed by atoms with E-state index < -0.39 is 5.60 Å². The van der Waals surface area contributed by atoms with Crippen molar-refractivity contribution >= 4 is 0 Å². The lowest BCUT2D eigenvalue weighted by Crippen LogP contribution is -2.27. The molecule has 0 saturated carbocycles. The molecular formula is C17H21NO2. The van der Waals surface area contributed by atoms with E-state index in [-0.39, 0.29) is 5.92 Å². The Labute approximate surface area is 120 Å². The van der Waals surface area contributed by atoms with Crippen molar-refractivity contribution in [1.29, 1.82) is 0 Å². The van der Waals surface area contributed by atoms with E-state index in [0.717, 1.165) is 17.0 Å². The molecule has 2 rings (SSSR count). The second-order valence-corrected chi connectivity index (χ2v) is 5.44. The topological polar surface area (TPSA) is 42.4 Å². The number of pyridine rings is 1. The summed E-state index contributed by atoms with van der Waals surface area (Å²) in [7, 11) is 0. The smallest absolute Gasteiger partial charge is 0.130 e. The molecule has 1 aromatic carbocycles. The van der Waals surface area contributed by atoms with Gasteiger partial charge in [-0.25, -0.2) is 0 Å². The minimum absolute atomic E-state index is 0.155. The van der Waals surface area contributed by atoms with Crippen molar-refractivity contribution in [3.63, 3.8) is 0 Å². The Bertz CT molecular complexity index is 533. The van der Waals surface area contributed by atoms with Crippen LogP contribution in [0.25, 0.3) is 0 Å². The van der Waals surface area contributed by atoms with Crippen LogP contribution in [0.2, 0.25) is 0 Å². The summed E-state index contributed by atoms with van der Waals surface area (Å²) in [5.74, 6) is 0.932. The van der Waals surface area contributed by atoms with Crippen LogP contribution in [-0.2, 0) is 12.2 Å². The minimum Gasteiger partial charge on any atom is -0.487 e. The van der Waals surface area contributed by atoms with Crippen LogP contribution in [0.4, 0.5) is 0 Å². The fraction of sp³-hybridized carbons (Fsp3) is 0.353. The van der Waals surface area contributed by atoms with E-state index in [2.05, 4.69) is 4.98 Å². The van der Waals surface area contributed by atoms with Crippen molar-refractivity contribution in [2.45, 2.75) is 33.0 Å². The standard InChI is InChI=1S/C17H21NO2/c1-13(2)17(3,19)14-7-9-16(10-8-14)20-12-15-6-4-5-11-18-15/h4-11,13,19H,12H2,1-3H3. The number of aliphatic hydroxyl groups is 1. The molecule has 20 heavy (non-hydrogen) atoms. The van der Waals surface area contributed by atoms with Crippen molar-refractivity contribution in [2.75, 3.05) is 0 Å². The number of benzene rings is 1. The van der Waals surface area contributed by atoms with E-state index in [1.165, 1.54) is 0 Å². The lowest BCUT2D eigenvalue weighted by molar-refractivity contribution is 0.00901. The highest BCUT2D eigenvalue weighted by molar-refractivity contribution is 5.31. The van der Waals surface area contributed by atoms with E-state index in [0.29, 0.717) is 6.61 Å². The van der Waals surface area contributed by atoms with Crippen molar-refractivity contribution in [2.24, 2.45) is 5.92 Å². The molecule has 0 amide bonds. The van der Waals surface area contributed by atoms with Gasteiger partial charge in [-0.05, 0) is 42.7 Å². The number of ether oxygens (including phenoxy) is 1. The van der Waals surface area contributed by atoms with Gasteiger partial charge in [-0.15, -0.1) is 0 Å². The number of rotatable bonds is 5. The molecule has 0 saturated heterocycles. The molecule has 1 heterocycles. The van der Waals surface area contributed by atoms with Crippen LogP contribution < -0.4 is 4.74 Å².